The second-order valence-electron chi connectivity index (χ2n) is 7.06. The van der Waals surface area contributed by atoms with Crippen molar-refractivity contribution in [3.8, 4) is 5.75 Å². The van der Waals surface area contributed by atoms with Crippen LogP contribution in [0.2, 0.25) is 0 Å². The summed E-state index contributed by atoms with van der Waals surface area (Å²) in [6.07, 6.45) is 0. The highest BCUT2D eigenvalue weighted by Gasteiger charge is 2.30. The summed E-state index contributed by atoms with van der Waals surface area (Å²) < 4.78 is 46.7. The number of halogens is 1. The number of hydrogen-bond donors (Lipinski definition) is 1. The van der Waals surface area contributed by atoms with Crippen LogP contribution in [0.15, 0.2) is 71.6 Å². The minimum atomic E-state index is -4.14. The largest absolute Gasteiger partial charge is 0.495 e. The van der Waals surface area contributed by atoms with Gasteiger partial charge in [-0.2, -0.15) is 0 Å². The minimum absolute atomic E-state index is 0.0360. The van der Waals surface area contributed by atoms with Gasteiger partial charge in [-0.3, -0.25) is 9.10 Å². The second-order valence-corrected chi connectivity index (χ2v) is 8.89. The molecule has 162 valence electrons. The van der Waals surface area contributed by atoms with E-state index in [1.165, 1.54) is 37.4 Å². The fourth-order valence-electron chi connectivity index (χ4n) is 3.07. The van der Waals surface area contributed by atoms with Gasteiger partial charge in [-0.05, 0) is 73.5 Å². The molecular weight excluding hydrogens is 419 g/mol. The summed E-state index contributed by atoms with van der Waals surface area (Å²) in [5, 5.41) is 2.60. The highest BCUT2D eigenvalue weighted by molar-refractivity contribution is 7.93. The maximum absolute atomic E-state index is 13.6. The Labute approximate surface area is 181 Å². The number of nitrogens with zero attached hydrogens (tertiary/aromatic N) is 1. The van der Waals surface area contributed by atoms with Crippen molar-refractivity contribution >= 4 is 27.3 Å². The summed E-state index contributed by atoms with van der Waals surface area (Å²) in [7, 11) is -2.75. The lowest BCUT2D eigenvalue weighted by Crippen LogP contribution is -2.38. The van der Waals surface area contributed by atoms with Crippen LogP contribution >= 0.6 is 0 Å². The van der Waals surface area contributed by atoms with Crippen molar-refractivity contribution in [3.63, 3.8) is 0 Å². The van der Waals surface area contributed by atoms with Gasteiger partial charge in [-0.15, -0.1) is 0 Å². The molecule has 6 nitrogen and oxygen atoms in total. The smallest absolute Gasteiger partial charge is 0.268 e. The number of carbonyl (C=O) groups is 1. The van der Waals surface area contributed by atoms with Crippen LogP contribution in [-0.2, 0) is 14.8 Å². The number of anilines is 2. The Hall–Kier alpha value is -3.39. The van der Waals surface area contributed by atoms with E-state index in [2.05, 4.69) is 5.32 Å². The summed E-state index contributed by atoms with van der Waals surface area (Å²) in [6, 6.07) is 16.9. The normalized spacial score (nSPS) is 11.1. The summed E-state index contributed by atoms with van der Waals surface area (Å²) in [6.45, 7) is 3.14. The molecule has 0 aliphatic rings. The molecule has 8 heteroatoms. The lowest BCUT2D eigenvalue weighted by atomic mass is 10.2. The summed E-state index contributed by atoms with van der Waals surface area (Å²) >= 11 is 0. The number of sulfonamides is 1. The number of nitrogens with one attached hydrogen (secondary N) is 1. The van der Waals surface area contributed by atoms with E-state index in [0.29, 0.717) is 11.4 Å². The SMILES string of the molecule is COc1ccc(C)cc1S(=O)(=O)N(CC(=O)Nc1ccc(F)cc1)c1cccc(C)c1. The minimum Gasteiger partial charge on any atom is -0.495 e. The molecule has 0 unspecified atom stereocenters. The number of methoxy groups -OCH3 is 1. The Balaban J connectivity index is 2.01. The van der Waals surface area contributed by atoms with Crippen LogP contribution in [0.5, 0.6) is 5.75 Å². The average molecular weight is 443 g/mol. The van der Waals surface area contributed by atoms with Gasteiger partial charge in [0.2, 0.25) is 5.91 Å². The molecule has 0 heterocycles. The Bertz CT molecular complexity index is 1190. The number of benzene rings is 3. The predicted molar refractivity (Wildman–Crippen MR) is 118 cm³/mol. The fraction of sp³-hybridized carbons (Fsp3) is 0.174. The number of rotatable bonds is 7. The van der Waals surface area contributed by atoms with Gasteiger partial charge in [0.05, 0.1) is 12.8 Å². The third kappa shape index (κ3) is 5.21. The van der Waals surface area contributed by atoms with E-state index < -0.39 is 28.3 Å². The average Bonchev–Trinajstić information content (AvgIpc) is 2.73. The first kappa shape index (κ1) is 22.3. The molecule has 0 saturated carbocycles. The first-order valence-corrected chi connectivity index (χ1v) is 10.9. The lowest BCUT2D eigenvalue weighted by molar-refractivity contribution is -0.114. The van der Waals surface area contributed by atoms with Crippen molar-refractivity contribution in [3.05, 3.63) is 83.7 Å². The van der Waals surface area contributed by atoms with Crippen LogP contribution in [-0.4, -0.2) is 28.0 Å². The quantitative estimate of drug-likeness (QED) is 0.592. The lowest BCUT2D eigenvalue weighted by Gasteiger charge is -2.25. The van der Waals surface area contributed by atoms with Crippen LogP contribution in [0.25, 0.3) is 0 Å². The van der Waals surface area contributed by atoms with Crippen molar-refractivity contribution in [2.45, 2.75) is 18.7 Å². The van der Waals surface area contributed by atoms with Gasteiger partial charge in [0, 0.05) is 5.69 Å². The molecule has 0 radical (unpaired) electrons. The summed E-state index contributed by atoms with van der Waals surface area (Å²) in [5.74, 6) is -0.820. The van der Waals surface area contributed by atoms with Crippen molar-refractivity contribution in [1.29, 1.82) is 0 Å². The van der Waals surface area contributed by atoms with Gasteiger partial charge >= 0.3 is 0 Å². The van der Waals surface area contributed by atoms with Gasteiger partial charge in [0.25, 0.3) is 10.0 Å². The maximum atomic E-state index is 13.6. The zero-order valence-electron chi connectivity index (χ0n) is 17.4. The molecule has 1 N–H and O–H groups in total. The Kier molecular flexibility index (Phi) is 6.60. The van der Waals surface area contributed by atoms with E-state index >= 15 is 0 Å². The molecule has 0 spiro atoms. The standard InChI is InChI=1S/C23H23FN2O4S/c1-16-5-4-6-20(13-16)26(15-23(27)25-19-10-8-18(24)9-11-19)31(28,29)22-14-17(2)7-12-21(22)30-3/h4-14H,15H2,1-3H3,(H,25,27). The Morgan fingerprint density at radius 2 is 1.68 bits per heavy atom. The van der Waals surface area contributed by atoms with Crippen LogP contribution in [0, 0.1) is 19.7 Å². The third-order valence-electron chi connectivity index (χ3n) is 4.59. The monoisotopic (exact) mass is 442 g/mol. The van der Waals surface area contributed by atoms with Gasteiger partial charge in [0.15, 0.2) is 0 Å². The van der Waals surface area contributed by atoms with Crippen LogP contribution in [0.3, 0.4) is 0 Å². The van der Waals surface area contributed by atoms with Crippen molar-refractivity contribution in [2.24, 2.45) is 0 Å². The van der Waals surface area contributed by atoms with Crippen molar-refractivity contribution in [2.75, 3.05) is 23.3 Å². The molecule has 0 aliphatic carbocycles. The molecule has 0 aromatic heterocycles. The molecule has 1 amide bonds. The van der Waals surface area contributed by atoms with Crippen molar-refractivity contribution < 1.29 is 22.3 Å². The first-order valence-electron chi connectivity index (χ1n) is 9.50. The molecule has 0 aliphatic heterocycles. The highest BCUT2D eigenvalue weighted by atomic mass is 32.2. The number of hydrogen-bond acceptors (Lipinski definition) is 4. The van der Waals surface area contributed by atoms with Gasteiger partial charge in [-0.25, -0.2) is 12.8 Å². The number of aryl methyl sites for hydroxylation is 2. The van der Waals surface area contributed by atoms with Gasteiger partial charge < -0.3 is 10.1 Å². The molecule has 0 atom stereocenters. The molecule has 0 saturated heterocycles. The summed E-state index contributed by atoms with van der Waals surface area (Å²) in [5.41, 5.74) is 2.28. The van der Waals surface area contributed by atoms with Crippen LogP contribution in [0.4, 0.5) is 15.8 Å². The van der Waals surface area contributed by atoms with Gasteiger partial charge in [0.1, 0.15) is 23.0 Å². The molecule has 0 fully saturated rings. The predicted octanol–water partition coefficient (Wildman–Crippen LogP) is 4.29. The topological polar surface area (TPSA) is 75.7 Å². The van der Waals surface area contributed by atoms with Crippen LogP contribution in [0.1, 0.15) is 11.1 Å². The molecule has 0 bridgehead atoms. The molecule has 3 aromatic carbocycles. The molecular formula is C23H23FN2O4S. The molecule has 31 heavy (non-hydrogen) atoms. The Morgan fingerprint density at radius 1 is 1.00 bits per heavy atom. The fourth-order valence-corrected chi connectivity index (χ4v) is 4.72. The second kappa shape index (κ2) is 9.18. The highest BCUT2D eigenvalue weighted by Crippen LogP contribution is 2.31. The van der Waals surface area contributed by atoms with E-state index in [4.69, 9.17) is 4.74 Å². The van der Waals surface area contributed by atoms with Crippen molar-refractivity contribution in [1.82, 2.24) is 0 Å². The van der Waals surface area contributed by atoms with Crippen LogP contribution < -0.4 is 14.4 Å². The molecule has 3 rings (SSSR count). The zero-order chi connectivity index (χ0) is 22.6. The number of amides is 1. The number of ether oxygens (including phenoxy) is 1. The van der Waals surface area contributed by atoms with E-state index in [1.54, 1.807) is 37.3 Å². The first-order chi connectivity index (χ1) is 14.7. The van der Waals surface area contributed by atoms with E-state index in [1.807, 2.05) is 13.0 Å². The van der Waals surface area contributed by atoms with E-state index in [9.17, 15) is 17.6 Å². The third-order valence-corrected chi connectivity index (χ3v) is 6.39. The van der Waals surface area contributed by atoms with E-state index in [0.717, 1.165) is 15.4 Å². The zero-order valence-corrected chi connectivity index (χ0v) is 18.2. The Morgan fingerprint density at radius 3 is 2.32 bits per heavy atom. The summed E-state index contributed by atoms with van der Waals surface area (Å²) in [4.78, 5) is 12.7. The molecule has 3 aromatic rings. The maximum Gasteiger partial charge on any atom is 0.268 e. The van der Waals surface area contributed by atoms with E-state index in [-0.39, 0.29) is 10.6 Å². The number of carbonyl (C=O) groups excluding carboxylic acids is 1. The van der Waals surface area contributed by atoms with Gasteiger partial charge in [-0.1, -0.05) is 18.2 Å².